The molecule has 1 rings (SSSR count). The van der Waals surface area contributed by atoms with E-state index in [1.54, 1.807) is 27.7 Å². The molecule has 0 heterocycles. The van der Waals surface area contributed by atoms with E-state index in [0.29, 0.717) is 4.47 Å². The van der Waals surface area contributed by atoms with Crippen molar-refractivity contribution in [2.45, 2.75) is 45.0 Å². The molecule has 108 valence electrons. The fraction of sp³-hybridized carbons (Fsp3) is 0.538. The summed E-state index contributed by atoms with van der Waals surface area (Å²) in [6.45, 7) is 6.39. The quantitative estimate of drug-likeness (QED) is 0.853. The number of anilines is 1. The van der Waals surface area contributed by atoms with E-state index in [1.807, 2.05) is 0 Å². The summed E-state index contributed by atoms with van der Waals surface area (Å²) < 4.78 is 39.3. The van der Waals surface area contributed by atoms with Gasteiger partial charge in [-0.15, -0.1) is 0 Å². The van der Waals surface area contributed by atoms with Gasteiger partial charge < -0.3 is 10.4 Å². The van der Waals surface area contributed by atoms with Crippen LogP contribution in [0.2, 0.25) is 0 Å². The Morgan fingerprint density at radius 3 is 2.05 bits per heavy atom. The molecule has 0 fully saturated rings. The summed E-state index contributed by atoms with van der Waals surface area (Å²) in [5, 5.41) is 12.8. The molecule has 0 saturated carbocycles. The highest BCUT2D eigenvalue weighted by atomic mass is 79.9. The number of rotatable bonds is 3. The molecule has 2 nitrogen and oxygen atoms in total. The molecule has 19 heavy (non-hydrogen) atoms. The minimum absolute atomic E-state index is 0.0611. The van der Waals surface area contributed by atoms with Crippen molar-refractivity contribution in [3.63, 3.8) is 0 Å². The molecule has 0 atom stereocenters. The van der Waals surface area contributed by atoms with Gasteiger partial charge in [-0.2, -0.15) is 13.2 Å². The molecule has 0 aromatic heterocycles. The molecule has 0 spiro atoms. The fourth-order valence-electron chi connectivity index (χ4n) is 1.36. The number of nitrogens with one attached hydrogen (secondary N) is 1. The van der Waals surface area contributed by atoms with E-state index in [2.05, 4.69) is 21.2 Å². The lowest BCUT2D eigenvalue weighted by molar-refractivity contribution is -0.137. The maximum absolute atomic E-state index is 12.9. The Morgan fingerprint density at radius 2 is 1.63 bits per heavy atom. The molecule has 0 bridgehead atoms. The van der Waals surface area contributed by atoms with Crippen molar-refractivity contribution >= 4 is 21.6 Å². The monoisotopic (exact) mass is 339 g/mol. The molecule has 0 amide bonds. The van der Waals surface area contributed by atoms with Gasteiger partial charge in [0.1, 0.15) is 0 Å². The van der Waals surface area contributed by atoms with Gasteiger partial charge in [-0.1, -0.05) is 15.9 Å². The van der Waals surface area contributed by atoms with Crippen LogP contribution in [0.4, 0.5) is 18.9 Å². The molecule has 2 N–H and O–H groups in total. The third-order valence-electron chi connectivity index (χ3n) is 3.26. The number of alkyl halides is 3. The second-order valence-corrected chi connectivity index (χ2v) is 6.41. The van der Waals surface area contributed by atoms with E-state index >= 15 is 0 Å². The van der Waals surface area contributed by atoms with Crippen molar-refractivity contribution in [3.8, 4) is 0 Å². The lowest BCUT2D eigenvalue weighted by atomic mass is 9.85. The third kappa shape index (κ3) is 3.86. The lowest BCUT2D eigenvalue weighted by Gasteiger charge is -2.39. The van der Waals surface area contributed by atoms with Gasteiger partial charge >= 0.3 is 6.18 Å². The van der Waals surface area contributed by atoms with Gasteiger partial charge in [0.25, 0.3) is 0 Å². The van der Waals surface area contributed by atoms with Crippen LogP contribution in [0.5, 0.6) is 0 Å². The molecule has 0 radical (unpaired) electrons. The second kappa shape index (κ2) is 4.98. The zero-order valence-electron chi connectivity index (χ0n) is 11.2. The van der Waals surface area contributed by atoms with Crippen LogP contribution in [0.3, 0.4) is 0 Å². The number of halogens is 4. The Morgan fingerprint density at radius 1 is 1.11 bits per heavy atom. The molecule has 6 heteroatoms. The molecule has 0 saturated heterocycles. The van der Waals surface area contributed by atoms with E-state index < -0.39 is 22.9 Å². The molecule has 1 aromatic carbocycles. The molecule has 0 unspecified atom stereocenters. The fourth-order valence-corrected chi connectivity index (χ4v) is 1.72. The summed E-state index contributed by atoms with van der Waals surface area (Å²) in [5.41, 5.74) is -2.92. The summed E-state index contributed by atoms with van der Waals surface area (Å²) in [6.07, 6.45) is -4.45. The zero-order valence-corrected chi connectivity index (χ0v) is 12.8. The van der Waals surface area contributed by atoms with E-state index in [4.69, 9.17) is 0 Å². The highest BCUT2D eigenvalue weighted by Gasteiger charge is 2.39. The number of hydrogen-bond acceptors (Lipinski definition) is 2. The van der Waals surface area contributed by atoms with E-state index in [-0.39, 0.29) is 5.69 Å². The maximum atomic E-state index is 12.9. The summed E-state index contributed by atoms with van der Waals surface area (Å²) in [4.78, 5) is 0. The van der Waals surface area contributed by atoms with Crippen LogP contribution in [-0.2, 0) is 6.18 Å². The molecular formula is C13H17BrF3NO. The standard InChI is InChI=1S/C13H17BrF3NO/c1-11(2,12(3,4)19)18-10-7-8(14)5-6-9(10)13(15,16)17/h5-7,18-19H,1-4H3. The van der Waals surface area contributed by atoms with Crippen molar-refractivity contribution in [3.05, 3.63) is 28.2 Å². The smallest absolute Gasteiger partial charge is 0.388 e. The predicted molar refractivity (Wildman–Crippen MR) is 73.1 cm³/mol. The topological polar surface area (TPSA) is 32.3 Å². The molecule has 0 aliphatic carbocycles. The van der Waals surface area contributed by atoms with Crippen molar-refractivity contribution in [2.24, 2.45) is 0 Å². The van der Waals surface area contributed by atoms with Gasteiger partial charge in [-0.05, 0) is 45.9 Å². The Kier molecular flexibility index (Phi) is 4.27. The van der Waals surface area contributed by atoms with E-state index in [9.17, 15) is 18.3 Å². The average molecular weight is 340 g/mol. The highest BCUT2D eigenvalue weighted by Crippen LogP contribution is 2.38. The van der Waals surface area contributed by atoms with Gasteiger partial charge in [0, 0.05) is 10.2 Å². The molecule has 0 aliphatic heterocycles. The number of aliphatic hydroxyl groups is 1. The maximum Gasteiger partial charge on any atom is 0.418 e. The van der Waals surface area contributed by atoms with Crippen LogP contribution >= 0.6 is 15.9 Å². The van der Waals surface area contributed by atoms with E-state index in [1.165, 1.54) is 12.1 Å². The van der Waals surface area contributed by atoms with Crippen molar-refractivity contribution < 1.29 is 18.3 Å². The lowest BCUT2D eigenvalue weighted by Crippen LogP contribution is -2.51. The van der Waals surface area contributed by atoms with Crippen molar-refractivity contribution in [1.29, 1.82) is 0 Å². The van der Waals surface area contributed by atoms with Gasteiger partial charge in [-0.25, -0.2) is 0 Å². The minimum atomic E-state index is -4.45. The predicted octanol–water partition coefficient (Wildman–Crippen LogP) is 4.43. The van der Waals surface area contributed by atoms with Crippen LogP contribution < -0.4 is 5.32 Å². The van der Waals surface area contributed by atoms with Crippen LogP contribution in [0.15, 0.2) is 22.7 Å². The van der Waals surface area contributed by atoms with Gasteiger partial charge in [0.15, 0.2) is 0 Å². The Bertz CT molecular complexity index is 464. The number of hydrogen-bond donors (Lipinski definition) is 2. The first kappa shape index (κ1) is 16.3. The van der Waals surface area contributed by atoms with Crippen molar-refractivity contribution in [2.75, 3.05) is 5.32 Å². The second-order valence-electron chi connectivity index (χ2n) is 5.50. The van der Waals surface area contributed by atoms with Gasteiger partial charge in [0.2, 0.25) is 0 Å². The normalized spacial score (nSPS) is 13.5. The zero-order chi connectivity index (χ0) is 15.1. The SMILES string of the molecule is CC(C)(O)C(C)(C)Nc1cc(Br)ccc1C(F)(F)F. The molecule has 1 aromatic rings. The van der Waals surface area contributed by atoms with Crippen LogP contribution in [0.1, 0.15) is 33.3 Å². The average Bonchev–Trinajstić information content (AvgIpc) is 2.12. The molecular weight excluding hydrogens is 323 g/mol. The van der Waals surface area contributed by atoms with Crippen LogP contribution in [0.25, 0.3) is 0 Å². The van der Waals surface area contributed by atoms with Gasteiger partial charge in [0.05, 0.1) is 16.7 Å². The number of benzene rings is 1. The Balaban J connectivity index is 3.24. The first-order chi connectivity index (χ1) is 8.34. The molecule has 0 aliphatic rings. The summed E-state index contributed by atoms with van der Waals surface area (Å²) in [6, 6.07) is 3.70. The minimum Gasteiger partial charge on any atom is -0.388 e. The van der Waals surface area contributed by atoms with Crippen LogP contribution in [-0.4, -0.2) is 16.2 Å². The third-order valence-corrected chi connectivity index (χ3v) is 3.76. The summed E-state index contributed by atoms with van der Waals surface area (Å²) >= 11 is 3.15. The van der Waals surface area contributed by atoms with E-state index in [0.717, 1.165) is 6.07 Å². The van der Waals surface area contributed by atoms with Gasteiger partial charge in [-0.3, -0.25) is 0 Å². The largest absolute Gasteiger partial charge is 0.418 e. The Hall–Kier alpha value is -0.750. The highest BCUT2D eigenvalue weighted by molar-refractivity contribution is 9.10. The summed E-state index contributed by atoms with van der Waals surface area (Å²) in [5.74, 6) is 0. The Labute approximate surface area is 119 Å². The first-order valence-electron chi connectivity index (χ1n) is 5.72. The van der Waals surface area contributed by atoms with Crippen molar-refractivity contribution in [1.82, 2.24) is 0 Å². The van der Waals surface area contributed by atoms with Crippen LogP contribution in [0, 0.1) is 0 Å². The summed E-state index contributed by atoms with van der Waals surface area (Å²) in [7, 11) is 0. The first-order valence-corrected chi connectivity index (χ1v) is 6.51.